The number of carbonyl (C=O) groups is 1. The smallest absolute Gasteiger partial charge is 0.238 e. The molecule has 140 valence electrons. The molecule has 2 aromatic rings. The van der Waals surface area contributed by atoms with Crippen molar-refractivity contribution in [2.45, 2.75) is 39.7 Å². The third-order valence-corrected chi connectivity index (χ3v) is 5.06. The van der Waals surface area contributed by atoms with Gasteiger partial charge in [0.05, 0.1) is 18.1 Å². The number of ether oxygens (including phenoxy) is 1. The molecule has 1 amide bonds. The number of aryl methyl sites for hydroxylation is 1. The minimum absolute atomic E-state index is 0.0411. The van der Waals surface area contributed by atoms with Crippen molar-refractivity contribution >= 4 is 27.5 Å². The van der Waals surface area contributed by atoms with Crippen molar-refractivity contribution in [2.24, 2.45) is 0 Å². The third-order valence-electron chi connectivity index (χ3n) is 4.44. The lowest BCUT2D eigenvalue weighted by Gasteiger charge is -2.18. The van der Waals surface area contributed by atoms with Gasteiger partial charge in [0, 0.05) is 11.7 Å². The van der Waals surface area contributed by atoms with Crippen molar-refractivity contribution in [3.63, 3.8) is 0 Å². The highest BCUT2D eigenvalue weighted by Gasteiger charge is 2.14. The van der Waals surface area contributed by atoms with Gasteiger partial charge >= 0.3 is 0 Å². The van der Waals surface area contributed by atoms with Gasteiger partial charge in [0.2, 0.25) is 5.91 Å². The van der Waals surface area contributed by atoms with Crippen LogP contribution in [0.15, 0.2) is 40.9 Å². The third kappa shape index (κ3) is 5.08. The minimum atomic E-state index is -0.0411. The number of hydrogen-bond donors (Lipinski definition) is 2. The fourth-order valence-electron chi connectivity index (χ4n) is 2.84. The molecule has 0 fully saturated rings. The molecule has 0 bridgehead atoms. The van der Waals surface area contributed by atoms with Gasteiger partial charge in [-0.1, -0.05) is 38.1 Å². The Labute approximate surface area is 164 Å². The zero-order chi connectivity index (χ0) is 19.3. The maximum Gasteiger partial charge on any atom is 0.238 e. The predicted octanol–water partition coefficient (Wildman–Crippen LogP) is 5.18. The van der Waals surface area contributed by atoms with E-state index in [-0.39, 0.29) is 18.5 Å². The maximum absolute atomic E-state index is 12.4. The predicted molar refractivity (Wildman–Crippen MR) is 111 cm³/mol. The SMILES string of the molecule is COc1ccc(C(C)NCC(=O)Nc2c(C)cccc2C(C)C)cc1Br. The molecule has 0 saturated carbocycles. The molecule has 0 aromatic heterocycles. The van der Waals surface area contributed by atoms with E-state index in [0.717, 1.165) is 32.6 Å². The van der Waals surface area contributed by atoms with Crippen LogP contribution in [0.2, 0.25) is 0 Å². The first-order valence-corrected chi connectivity index (χ1v) is 9.59. The van der Waals surface area contributed by atoms with E-state index in [1.165, 1.54) is 0 Å². The standard InChI is InChI=1S/C21H27BrN2O2/c1-13(2)17-8-6-7-14(3)21(17)24-20(25)12-23-15(4)16-9-10-19(26-5)18(22)11-16/h6-11,13,15,23H,12H2,1-5H3,(H,24,25). The van der Waals surface area contributed by atoms with E-state index < -0.39 is 0 Å². The van der Waals surface area contributed by atoms with Gasteiger partial charge < -0.3 is 15.4 Å². The van der Waals surface area contributed by atoms with Crippen LogP contribution in [-0.2, 0) is 4.79 Å². The summed E-state index contributed by atoms with van der Waals surface area (Å²) in [6.07, 6.45) is 0. The summed E-state index contributed by atoms with van der Waals surface area (Å²) >= 11 is 3.50. The van der Waals surface area contributed by atoms with Crippen molar-refractivity contribution in [3.8, 4) is 5.75 Å². The van der Waals surface area contributed by atoms with Gasteiger partial charge in [-0.05, 0) is 64.5 Å². The Bertz CT molecular complexity index is 775. The molecule has 5 heteroatoms. The molecule has 26 heavy (non-hydrogen) atoms. The van der Waals surface area contributed by atoms with E-state index in [1.807, 2.05) is 44.2 Å². The molecule has 2 N–H and O–H groups in total. The maximum atomic E-state index is 12.4. The summed E-state index contributed by atoms with van der Waals surface area (Å²) in [5, 5.41) is 6.34. The van der Waals surface area contributed by atoms with Gasteiger partial charge in [-0.25, -0.2) is 0 Å². The number of benzene rings is 2. The second kappa shape index (κ2) is 9.19. The average Bonchev–Trinajstić information content (AvgIpc) is 2.61. The van der Waals surface area contributed by atoms with E-state index in [0.29, 0.717) is 5.92 Å². The van der Waals surface area contributed by atoms with Gasteiger partial charge in [0.25, 0.3) is 0 Å². The highest BCUT2D eigenvalue weighted by molar-refractivity contribution is 9.10. The Balaban J connectivity index is 2.00. The molecule has 4 nitrogen and oxygen atoms in total. The zero-order valence-electron chi connectivity index (χ0n) is 16.0. The van der Waals surface area contributed by atoms with Gasteiger partial charge in [-0.3, -0.25) is 4.79 Å². The van der Waals surface area contributed by atoms with Gasteiger partial charge in [-0.15, -0.1) is 0 Å². The van der Waals surface area contributed by atoms with Gasteiger partial charge in [0.1, 0.15) is 5.75 Å². The number of hydrogen-bond acceptors (Lipinski definition) is 3. The number of anilines is 1. The van der Waals surface area contributed by atoms with Crippen LogP contribution in [-0.4, -0.2) is 19.6 Å². The molecule has 0 aliphatic rings. The van der Waals surface area contributed by atoms with Crippen LogP contribution in [0.4, 0.5) is 5.69 Å². The number of para-hydroxylation sites is 1. The van der Waals surface area contributed by atoms with Gasteiger partial charge in [-0.2, -0.15) is 0 Å². The first-order valence-electron chi connectivity index (χ1n) is 8.79. The summed E-state index contributed by atoms with van der Waals surface area (Å²) in [4.78, 5) is 12.4. The Morgan fingerprint density at radius 3 is 2.54 bits per heavy atom. The molecule has 1 atom stereocenters. The molecule has 2 aromatic carbocycles. The lowest BCUT2D eigenvalue weighted by molar-refractivity contribution is -0.115. The number of carbonyl (C=O) groups excluding carboxylic acids is 1. The fourth-order valence-corrected chi connectivity index (χ4v) is 3.40. The van der Waals surface area contributed by atoms with Gasteiger partial charge in [0.15, 0.2) is 0 Å². The number of methoxy groups -OCH3 is 1. The van der Waals surface area contributed by atoms with Crippen molar-refractivity contribution in [1.82, 2.24) is 5.32 Å². The zero-order valence-corrected chi connectivity index (χ0v) is 17.6. The number of rotatable bonds is 7. The summed E-state index contributed by atoms with van der Waals surface area (Å²) in [6.45, 7) is 8.57. The van der Waals surface area contributed by atoms with E-state index in [2.05, 4.69) is 46.5 Å². The first kappa shape index (κ1) is 20.5. The number of amides is 1. The first-order chi connectivity index (χ1) is 12.3. The second-order valence-electron chi connectivity index (χ2n) is 6.74. The Morgan fingerprint density at radius 1 is 1.19 bits per heavy atom. The summed E-state index contributed by atoms with van der Waals surface area (Å²) in [6, 6.07) is 12.1. The van der Waals surface area contributed by atoms with Crippen LogP contribution >= 0.6 is 15.9 Å². The normalized spacial score (nSPS) is 12.1. The highest BCUT2D eigenvalue weighted by atomic mass is 79.9. The van der Waals surface area contributed by atoms with Crippen molar-refractivity contribution in [3.05, 3.63) is 57.6 Å². The Kier molecular flexibility index (Phi) is 7.23. The lowest BCUT2D eigenvalue weighted by Crippen LogP contribution is -2.30. The molecule has 0 spiro atoms. The number of nitrogens with one attached hydrogen (secondary N) is 2. The monoisotopic (exact) mass is 418 g/mol. The van der Waals surface area contributed by atoms with E-state index in [9.17, 15) is 4.79 Å². The van der Waals surface area contributed by atoms with Crippen LogP contribution in [0.1, 0.15) is 49.4 Å². The topological polar surface area (TPSA) is 50.4 Å². The fraction of sp³-hybridized carbons (Fsp3) is 0.381. The summed E-state index contributed by atoms with van der Waals surface area (Å²) in [7, 11) is 1.64. The molecule has 0 heterocycles. The average molecular weight is 419 g/mol. The van der Waals surface area contributed by atoms with E-state index in [4.69, 9.17) is 4.74 Å². The van der Waals surface area contributed by atoms with E-state index >= 15 is 0 Å². The quantitative estimate of drug-likeness (QED) is 0.650. The lowest BCUT2D eigenvalue weighted by atomic mass is 9.98. The largest absolute Gasteiger partial charge is 0.496 e. The van der Waals surface area contributed by atoms with Crippen LogP contribution in [0, 0.1) is 6.92 Å². The van der Waals surface area contributed by atoms with Crippen LogP contribution in [0.3, 0.4) is 0 Å². The van der Waals surface area contributed by atoms with Crippen LogP contribution < -0.4 is 15.4 Å². The van der Waals surface area contributed by atoms with Crippen LogP contribution in [0.5, 0.6) is 5.75 Å². The molecule has 1 unspecified atom stereocenters. The summed E-state index contributed by atoms with van der Waals surface area (Å²) in [5.41, 5.74) is 4.25. The van der Waals surface area contributed by atoms with Crippen molar-refractivity contribution in [2.75, 3.05) is 19.0 Å². The summed E-state index contributed by atoms with van der Waals surface area (Å²) < 4.78 is 6.15. The molecule has 2 rings (SSSR count). The second-order valence-corrected chi connectivity index (χ2v) is 7.59. The number of halogens is 1. The summed E-state index contributed by atoms with van der Waals surface area (Å²) in [5.74, 6) is 1.11. The molecule has 0 saturated heterocycles. The molecule has 0 aliphatic heterocycles. The van der Waals surface area contributed by atoms with Crippen molar-refractivity contribution < 1.29 is 9.53 Å². The highest BCUT2D eigenvalue weighted by Crippen LogP contribution is 2.28. The van der Waals surface area contributed by atoms with Crippen molar-refractivity contribution in [1.29, 1.82) is 0 Å². The molecule has 0 radical (unpaired) electrons. The van der Waals surface area contributed by atoms with Crippen LogP contribution in [0.25, 0.3) is 0 Å². The molecule has 0 aliphatic carbocycles. The minimum Gasteiger partial charge on any atom is -0.496 e. The Morgan fingerprint density at radius 2 is 1.92 bits per heavy atom. The van der Waals surface area contributed by atoms with E-state index in [1.54, 1.807) is 7.11 Å². The molecular weight excluding hydrogens is 392 g/mol. The Hall–Kier alpha value is -1.85. The molecular formula is C21H27BrN2O2.